The molecule has 12 heavy (non-hydrogen) atoms. The quantitative estimate of drug-likeness (QED) is 0.686. The van der Waals surface area contributed by atoms with Gasteiger partial charge in [0, 0.05) is 6.54 Å². The van der Waals surface area contributed by atoms with Crippen LogP contribution in [-0.2, 0) is 4.74 Å². The van der Waals surface area contributed by atoms with Crippen LogP contribution in [0.3, 0.4) is 0 Å². The average molecular weight is 169 g/mol. The third-order valence-corrected chi connectivity index (χ3v) is 2.04. The third-order valence-electron chi connectivity index (χ3n) is 2.04. The number of rotatable bonds is 2. The SMILES string of the molecule is NCC1CCC(c2ncon2)O1. The first-order chi connectivity index (χ1) is 5.90. The molecule has 1 aromatic heterocycles. The van der Waals surface area contributed by atoms with Gasteiger partial charge < -0.3 is 15.0 Å². The summed E-state index contributed by atoms with van der Waals surface area (Å²) in [6.45, 7) is 0.564. The van der Waals surface area contributed by atoms with Crippen LogP contribution in [0.5, 0.6) is 0 Å². The lowest BCUT2D eigenvalue weighted by Crippen LogP contribution is -2.19. The van der Waals surface area contributed by atoms with Crippen LogP contribution in [0, 0.1) is 0 Å². The summed E-state index contributed by atoms with van der Waals surface area (Å²) in [7, 11) is 0. The number of hydrogen-bond acceptors (Lipinski definition) is 5. The normalized spacial score (nSPS) is 29.4. The first kappa shape index (κ1) is 7.70. The lowest BCUT2D eigenvalue weighted by Gasteiger charge is -2.07. The Kier molecular flexibility index (Phi) is 2.05. The number of aromatic nitrogens is 2. The summed E-state index contributed by atoms with van der Waals surface area (Å²) >= 11 is 0. The van der Waals surface area contributed by atoms with Crippen molar-refractivity contribution >= 4 is 0 Å². The molecular weight excluding hydrogens is 158 g/mol. The molecule has 0 amide bonds. The van der Waals surface area contributed by atoms with Crippen LogP contribution >= 0.6 is 0 Å². The van der Waals surface area contributed by atoms with Gasteiger partial charge in [-0.25, -0.2) is 0 Å². The molecule has 0 radical (unpaired) electrons. The molecule has 0 bridgehead atoms. The summed E-state index contributed by atoms with van der Waals surface area (Å²) in [5.74, 6) is 0.631. The second kappa shape index (κ2) is 3.20. The van der Waals surface area contributed by atoms with Crippen LogP contribution < -0.4 is 5.73 Å². The maximum absolute atomic E-state index is 5.54. The van der Waals surface area contributed by atoms with Gasteiger partial charge in [-0.05, 0) is 12.8 Å². The van der Waals surface area contributed by atoms with E-state index in [0.717, 1.165) is 12.8 Å². The van der Waals surface area contributed by atoms with E-state index in [-0.39, 0.29) is 12.2 Å². The third kappa shape index (κ3) is 1.33. The molecule has 0 aliphatic carbocycles. The standard InChI is InChI=1S/C7H11N3O2/c8-3-5-1-2-6(12-5)7-9-4-11-10-7/h4-6H,1-3,8H2. The summed E-state index contributed by atoms with van der Waals surface area (Å²) in [5, 5.41) is 3.72. The van der Waals surface area contributed by atoms with E-state index in [4.69, 9.17) is 10.5 Å². The summed E-state index contributed by atoms with van der Waals surface area (Å²) in [5.41, 5.74) is 5.46. The average Bonchev–Trinajstić information content (AvgIpc) is 2.75. The summed E-state index contributed by atoms with van der Waals surface area (Å²) in [4.78, 5) is 3.92. The molecule has 2 N–H and O–H groups in total. The van der Waals surface area contributed by atoms with Crippen molar-refractivity contribution in [3.63, 3.8) is 0 Å². The van der Waals surface area contributed by atoms with Crippen LogP contribution in [-0.4, -0.2) is 22.8 Å². The second-order valence-electron chi connectivity index (χ2n) is 2.85. The zero-order valence-corrected chi connectivity index (χ0v) is 6.64. The van der Waals surface area contributed by atoms with Gasteiger partial charge in [0.1, 0.15) is 6.10 Å². The number of hydrogen-bond donors (Lipinski definition) is 1. The molecule has 5 nitrogen and oxygen atoms in total. The van der Waals surface area contributed by atoms with Gasteiger partial charge in [-0.1, -0.05) is 5.16 Å². The first-order valence-corrected chi connectivity index (χ1v) is 4.02. The molecule has 0 aromatic carbocycles. The van der Waals surface area contributed by atoms with Gasteiger partial charge >= 0.3 is 0 Å². The van der Waals surface area contributed by atoms with Crippen LogP contribution in [0.25, 0.3) is 0 Å². The van der Waals surface area contributed by atoms with Crippen molar-refractivity contribution in [2.75, 3.05) is 6.54 Å². The Morgan fingerprint density at radius 2 is 2.50 bits per heavy atom. The van der Waals surface area contributed by atoms with Gasteiger partial charge in [0.2, 0.25) is 6.39 Å². The smallest absolute Gasteiger partial charge is 0.213 e. The minimum atomic E-state index is -0.0164. The minimum absolute atomic E-state index is 0.0164. The molecule has 1 saturated heterocycles. The monoisotopic (exact) mass is 169 g/mol. The maximum atomic E-state index is 5.54. The van der Waals surface area contributed by atoms with Gasteiger partial charge in [-0.15, -0.1) is 0 Å². The van der Waals surface area contributed by atoms with Crippen molar-refractivity contribution in [1.82, 2.24) is 10.1 Å². The Bertz CT molecular complexity index is 237. The summed E-state index contributed by atoms with van der Waals surface area (Å²) in [6, 6.07) is 0. The second-order valence-corrected chi connectivity index (χ2v) is 2.85. The van der Waals surface area contributed by atoms with E-state index < -0.39 is 0 Å². The minimum Gasteiger partial charge on any atom is -0.366 e. The Morgan fingerprint density at radius 1 is 1.58 bits per heavy atom. The Balaban J connectivity index is 2.00. The fourth-order valence-electron chi connectivity index (χ4n) is 1.39. The van der Waals surface area contributed by atoms with E-state index in [1.807, 2.05) is 0 Å². The van der Waals surface area contributed by atoms with Crippen molar-refractivity contribution in [2.24, 2.45) is 5.73 Å². The van der Waals surface area contributed by atoms with Gasteiger partial charge in [-0.2, -0.15) is 4.98 Å². The molecule has 0 spiro atoms. The molecule has 1 aliphatic heterocycles. The zero-order chi connectivity index (χ0) is 8.39. The van der Waals surface area contributed by atoms with E-state index in [1.54, 1.807) is 0 Å². The van der Waals surface area contributed by atoms with Crippen molar-refractivity contribution < 1.29 is 9.26 Å². The molecular formula is C7H11N3O2. The van der Waals surface area contributed by atoms with Gasteiger partial charge in [0.25, 0.3) is 0 Å². The highest BCUT2D eigenvalue weighted by molar-refractivity contribution is 4.90. The van der Waals surface area contributed by atoms with E-state index in [2.05, 4.69) is 14.7 Å². The van der Waals surface area contributed by atoms with E-state index in [9.17, 15) is 0 Å². The number of ether oxygens (including phenoxy) is 1. The predicted octanol–water partition coefficient (Wildman–Crippen LogP) is 0.248. The molecule has 2 unspecified atom stereocenters. The number of nitrogens with two attached hydrogens (primary N) is 1. The highest BCUT2D eigenvalue weighted by Crippen LogP contribution is 2.29. The Hall–Kier alpha value is -0.940. The molecule has 1 aromatic rings. The van der Waals surface area contributed by atoms with Crippen LogP contribution in [0.4, 0.5) is 0 Å². The van der Waals surface area contributed by atoms with Crippen LogP contribution in [0.15, 0.2) is 10.9 Å². The number of nitrogens with zero attached hydrogens (tertiary/aromatic N) is 2. The highest BCUT2D eigenvalue weighted by atomic mass is 16.5. The van der Waals surface area contributed by atoms with Crippen molar-refractivity contribution in [3.8, 4) is 0 Å². The van der Waals surface area contributed by atoms with Crippen LogP contribution in [0.2, 0.25) is 0 Å². The molecule has 1 aliphatic rings. The first-order valence-electron chi connectivity index (χ1n) is 4.02. The van der Waals surface area contributed by atoms with Crippen molar-refractivity contribution in [1.29, 1.82) is 0 Å². The predicted molar refractivity (Wildman–Crippen MR) is 40.2 cm³/mol. The highest BCUT2D eigenvalue weighted by Gasteiger charge is 2.28. The molecule has 5 heteroatoms. The summed E-state index contributed by atoms with van der Waals surface area (Å²) in [6.07, 6.45) is 3.37. The Labute approximate surface area is 69.9 Å². The lowest BCUT2D eigenvalue weighted by atomic mass is 10.2. The van der Waals surface area contributed by atoms with Gasteiger partial charge in [0.15, 0.2) is 5.82 Å². The van der Waals surface area contributed by atoms with Crippen molar-refractivity contribution in [3.05, 3.63) is 12.2 Å². The molecule has 2 atom stereocenters. The van der Waals surface area contributed by atoms with Gasteiger partial charge in [-0.3, -0.25) is 0 Å². The fraction of sp³-hybridized carbons (Fsp3) is 0.714. The fourth-order valence-corrected chi connectivity index (χ4v) is 1.39. The maximum Gasteiger partial charge on any atom is 0.213 e. The molecule has 2 heterocycles. The van der Waals surface area contributed by atoms with Gasteiger partial charge in [0.05, 0.1) is 6.10 Å². The topological polar surface area (TPSA) is 74.2 Å². The largest absolute Gasteiger partial charge is 0.366 e. The molecule has 0 saturated carbocycles. The zero-order valence-electron chi connectivity index (χ0n) is 6.64. The van der Waals surface area contributed by atoms with E-state index in [1.165, 1.54) is 6.39 Å². The summed E-state index contributed by atoms with van der Waals surface area (Å²) < 4.78 is 10.2. The molecule has 66 valence electrons. The van der Waals surface area contributed by atoms with E-state index in [0.29, 0.717) is 12.4 Å². The van der Waals surface area contributed by atoms with Crippen LogP contribution in [0.1, 0.15) is 24.8 Å². The van der Waals surface area contributed by atoms with Crippen molar-refractivity contribution in [2.45, 2.75) is 25.0 Å². The lowest BCUT2D eigenvalue weighted by molar-refractivity contribution is 0.0435. The Morgan fingerprint density at radius 3 is 3.08 bits per heavy atom. The van der Waals surface area contributed by atoms with E-state index >= 15 is 0 Å². The molecule has 2 rings (SSSR count). The molecule has 1 fully saturated rings.